The predicted octanol–water partition coefficient (Wildman–Crippen LogP) is 5.84. The second-order valence-electron chi connectivity index (χ2n) is 12.0. The molecule has 7 nitrogen and oxygen atoms in total. The van der Waals surface area contributed by atoms with E-state index in [2.05, 4.69) is 56.3 Å². The summed E-state index contributed by atoms with van der Waals surface area (Å²) in [7, 11) is 0. The standard InChI is InChI=1S/C30H35ClN6OS2/c1-19-15-24(37-14-12-34-28(37)26(19)39-22-9-11-33-27(32)25(22)31)36-13-10-30(16-20-7-5-6-8-21(20)17-30)23(18-36)35-40(38)29(2,3)4/h5-9,11-12,14-15,23,35H,10,13,16-18H2,1-4H3,(H2,32,33). The third-order valence-electron chi connectivity index (χ3n) is 8.24. The lowest BCUT2D eigenvalue weighted by molar-refractivity contribution is 0.180. The van der Waals surface area contributed by atoms with E-state index in [1.807, 2.05) is 39.2 Å². The summed E-state index contributed by atoms with van der Waals surface area (Å²) in [6.07, 6.45) is 8.58. The minimum atomic E-state index is -1.17. The van der Waals surface area contributed by atoms with Crippen molar-refractivity contribution in [3.05, 3.63) is 76.7 Å². The predicted molar refractivity (Wildman–Crippen MR) is 166 cm³/mol. The van der Waals surface area contributed by atoms with Gasteiger partial charge in [-0.3, -0.25) is 4.40 Å². The van der Waals surface area contributed by atoms with Crippen molar-refractivity contribution >= 4 is 52.0 Å². The van der Waals surface area contributed by atoms with E-state index in [9.17, 15) is 4.55 Å². The Morgan fingerprint density at radius 1 is 1.15 bits per heavy atom. The molecule has 0 saturated carbocycles. The second kappa shape index (κ2) is 10.4. The molecule has 0 radical (unpaired) electrons. The van der Waals surface area contributed by atoms with Gasteiger partial charge in [-0.05, 0) is 75.8 Å². The molecule has 1 spiro atoms. The number of nitrogen functional groups attached to an aromatic ring is 1. The normalized spacial score (nSPS) is 19.4. The average molecular weight is 595 g/mol. The monoisotopic (exact) mass is 594 g/mol. The van der Waals surface area contributed by atoms with Gasteiger partial charge in [-0.25, -0.2) is 9.97 Å². The lowest BCUT2D eigenvalue weighted by Crippen LogP contribution is -2.61. The maximum Gasteiger partial charge on any atom is 0.152 e. The van der Waals surface area contributed by atoms with Crippen LogP contribution in [0.2, 0.25) is 5.02 Å². The third-order valence-corrected chi connectivity index (χ3v) is 11.6. The van der Waals surface area contributed by atoms with Gasteiger partial charge in [0.25, 0.3) is 0 Å². The van der Waals surface area contributed by atoms with Gasteiger partial charge in [0.2, 0.25) is 0 Å². The van der Waals surface area contributed by atoms with Gasteiger partial charge >= 0.3 is 0 Å². The van der Waals surface area contributed by atoms with Gasteiger partial charge < -0.3 is 15.2 Å². The number of fused-ring (bicyclic) bond motifs is 2. The fourth-order valence-electron chi connectivity index (χ4n) is 6.02. The molecule has 4 heterocycles. The number of hydrogen-bond donors (Lipinski definition) is 2. The molecule has 3 N–H and O–H groups in total. The highest BCUT2D eigenvalue weighted by Gasteiger charge is 2.49. The van der Waals surface area contributed by atoms with Crippen molar-refractivity contribution < 1.29 is 4.55 Å². The van der Waals surface area contributed by atoms with Crippen molar-refractivity contribution in [2.45, 2.75) is 67.5 Å². The summed E-state index contributed by atoms with van der Waals surface area (Å²) in [6, 6.07) is 13.0. The summed E-state index contributed by atoms with van der Waals surface area (Å²) >= 11 is 6.86. The van der Waals surface area contributed by atoms with Crippen LogP contribution in [0.5, 0.6) is 0 Å². The summed E-state index contributed by atoms with van der Waals surface area (Å²) in [5.41, 5.74) is 10.8. The molecule has 2 aliphatic rings. The van der Waals surface area contributed by atoms with Gasteiger partial charge in [0, 0.05) is 53.4 Å². The third kappa shape index (κ3) is 4.96. The quantitative estimate of drug-likeness (QED) is 0.280. The Balaban J connectivity index is 1.34. The first-order valence-corrected chi connectivity index (χ1v) is 15.9. The van der Waals surface area contributed by atoms with Gasteiger partial charge in [-0.2, -0.15) is 0 Å². The molecular weight excluding hydrogens is 560 g/mol. The molecule has 2 unspecified atom stereocenters. The van der Waals surface area contributed by atoms with Crippen LogP contribution in [0.15, 0.2) is 64.8 Å². The van der Waals surface area contributed by atoms with Crippen LogP contribution in [0.25, 0.3) is 5.65 Å². The van der Waals surface area contributed by atoms with Gasteiger partial charge in [0.15, 0.2) is 5.65 Å². The number of hydrogen-bond acceptors (Lipinski definition) is 7. The minimum Gasteiger partial charge on any atom is -0.598 e. The van der Waals surface area contributed by atoms with Crippen LogP contribution in [-0.2, 0) is 24.2 Å². The Morgan fingerprint density at radius 3 is 2.58 bits per heavy atom. The molecule has 2 atom stereocenters. The largest absolute Gasteiger partial charge is 0.598 e. The summed E-state index contributed by atoms with van der Waals surface area (Å²) in [5.74, 6) is 1.41. The van der Waals surface area contributed by atoms with Gasteiger partial charge in [0.1, 0.15) is 16.4 Å². The van der Waals surface area contributed by atoms with E-state index >= 15 is 0 Å². The van der Waals surface area contributed by atoms with Crippen molar-refractivity contribution in [1.29, 1.82) is 0 Å². The molecule has 1 saturated heterocycles. The van der Waals surface area contributed by atoms with Crippen LogP contribution >= 0.6 is 23.4 Å². The number of piperidine rings is 1. The Kier molecular flexibility index (Phi) is 7.24. The minimum absolute atomic E-state index is 0.0397. The van der Waals surface area contributed by atoms with Crippen LogP contribution < -0.4 is 15.4 Å². The Labute approximate surface area is 248 Å². The Morgan fingerprint density at radius 2 is 1.88 bits per heavy atom. The number of imidazole rings is 1. The van der Waals surface area contributed by atoms with Crippen LogP contribution in [0.1, 0.15) is 43.9 Å². The number of benzene rings is 1. The van der Waals surface area contributed by atoms with E-state index in [1.165, 1.54) is 11.1 Å². The molecule has 1 aliphatic carbocycles. The van der Waals surface area contributed by atoms with Gasteiger partial charge in [-0.1, -0.05) is 47.6 Å². The zero-order valence-electron chi connectivity index (χ0n) is 23.3. The van der Waals surface area contributed by atoms with Crippen molar-refractivity contribution in [1.82, 2.24) is 19.1 Å². The van der Waals surface area contributed by atoms with E-state index in [4.69, 9.17) is 22.3 Å². The van der Waals surface area contributed by atoms with E-state index in [0.29, 0.717) is 10.8 Å². The molecule has 3 aromatic heterocycles. The zero-order valence-corrected chi connectivity index (χ0v) is 25.7. The van der Waals surface area contributed by atoms with Crippen molar-refractivity contribution in [2.24, 2.45) is 5.41 Å². The molecular formula is C30H35ClN6OS2. The Hall–Kier alpha value is -2.43. The smallest absolute Gasteiger partial charge is 0.152 e. The molecule has 1 aromatic carbocycles. The van der Waals surface area contributed by atoms with Crippen molar-refractivity contribution in [2.75, 3.05) is 23.7 Å². The van der Waals surface area contributed by atoms with Crippen LogP contribution in [0.3, 0.4) is 0 Å². The molecule has 10 heteroatoms. The van der Waals surface area contributed by atoms with Crippen LogP contribution in [0, 0.1) is 12.3 Å². The summed E-state index contributed by atoms with van der Waals surface area (Å²) in [6.45, 7) is 9.89. The van der Waals surface area contributed by atoms with Crippen LogP contribution in [0.4, 0.5) is 11.6 Å². The number of aromatic nitrogens is 3. The SMILES string of the molecule is Cc1cc(N2CCC3(Cc4ccccc4C3)C(N[S+]([O-])C(C)(C)C)C2)n2ccnc2c1Sc1ccnc(N)c1Cl. The number of anilines is 2. The number of halogens is 1. The molecule has 0 amide bonds. The fourth-order valence-corrected chi connectivity index (χ4v) is 8.19. The molecule has 6 rings (SSSR count). The first-order chi connectivity index (χ1) is 19.1. The fraction of sp³-hybridized carbons (Fsp3) is 0.400. The van der Waals surface area contributed by atoms with E-state index < -0.39 is 11.4 Å². The van der Waals surface area contributed by atoms with Gasteiger partial charge in [-0.15, -0.1) is 4.72 Å². The highest BCUT2D eigenvalue weighted by atomic mass is 35.5. The lowest BCUT2D eigenvalue weighted by atomic mass is 9.72. The average Bonchev–Trinajstić information content (AvgIpc) is 3.54. The highest BCUT2D eigenvalue weighted by Crippen LogP contribution is 2.47. The van der Waals surface area contributed by atoms with E-state index in [-0.39, 0.29) is 16.2 Å². The number of nitrogens with two attached hydrogens (primary N) is 1. The summed E-state index contributed by atoms with van der Waals surface area (Å²) < 4.78 is 18.8. The van der Waals surface area contributed by atoms with E-state index in [1.54, 1.807) is 18.0 Å². The first-order valence-electron chi connectivity index (χ1n) is 13.6. The lowest BCUT2D eigenvalue weighted by Gasteiger charge is -2.47. The topological polar surface area (TPSA) is 94.5 Å². The van der Waals surface area contributed by atoms with E-state index in [0.717, 1.165) is 59.2 Å². The number of aryl methyl sites for hydroxylation is 1. The number of rotatable bonds is 5. The zero-order chi connectivity index (χ0) is 28.2. The molecule has 40 heavy (non-hydrogen) atoms. The molecule has 210 valence electrons. The molecule has 1 fully saturated rings. The Bertz CT molecular complexity index is 1540. The number of pyridine rings is 2. The molecule has 4 aromatic rings. The maximum absolute atomic E-state index is 13.4. The van der Waals surface area contributed by atoms with Gasteiger partial charge in [0.05, 0.1) is 16.0 Å². The van der Waals surface area contributed by atoms with Crippen molar-refractivity contribution in [3.63, 3.8) is 0 Å². The molecule has 0 bridgehead atoms. The second-order valence-corrected chi connectivity index (χ2v) is 15.4. The van der Waals surface area contributed by atoms with Crippen LogP contribution in [-0.4, -0.2) is 42.8 Å². The number of nitrogens with zero attached hydrogens (tertiary/aromatic N) is 4. The number of nitrogens with one attached hydrogen (secondary N) is 1. The highest BCUT2D eigenvalue weighted by molar-refractivity contribution is 7.99. The summed E-state index contributed by atoms with van der Waals surface area (Å²) in [4.78, 5) is 13.1. The van der Waals surface area contributed by atoms with Crippen molar-refractivity contribution in [3.8, 4) is 0 Å². The molecule has 1 aliphatic heterocycles. The summed E-state index contributed by atoms with van der Waals surface area (Å²) in [5, 5.41) is 0.459. The maximum atomic E-state index is 13.4. The first kappa shape index (κ1) is 27.7.